The smallest absolute Gasteiger partial charge is 0.164 e. The summed E-state index contributed by atoms with van der Waals surface area (Å²) >= 11 is 0. The molecule has 18 heavy (non-hydrogen) atoms. The van der Waals surface area contributed by atoms with Crippen LogP contribution in [0.25, 0.3) is 0 Å². The molecule has 0 aliphatic carbocycles. The highest BCUT2D eigenvalue weighted by molar-refractivity contribution is 6.00. The summed E-state index contributed by atoms with van der Waals surface area (Å²) in [6, 6.07) is 4.71. The first kappa shape index (κ1) is 14.6. The Kier molecular flexibility index (Phi) is 5.78. The molecule has 0 aliphatic heterocycles. The third kappa shape index (κ3) is 3.53. The zero-order valence-electron chi connectivity index (χ0n) is 11.2. The van der Waals surface area contributed by atoms with Gasteiger partial charge in [-0.05, 0) is 32.9 Å². The molecule has 0 amide bonds. The van der Waals surface area contributed by atoms with Crippen LogP contribution in [-0.2, 0) is 4.74 Å². The van der Waals surface area contributed by atoms with Crippen molar-refractivity contribution in [2.24, 2.45) is 0 Å². The van der Waals surface area contributed by atoms with Crippen molar-refractivity contribution in [3.05, 3.63) is 29.6 Å². The molecular weight excluding hydrogens is 233 g/mol. The number of Topliss-reactive ketones (excluding diaryl/α,β-unsaturated/α-hetero) is 1. The molecule has 1 aromatic rings. The monoisotopic (exact) mass is 253 g/mol. The minimum Gasteiger partial charge on any atom is -0.380 e. The zero-order valence-corrected chi connectivity index (χ0v) is 11.2. The number of hydrogen-bond acceptors (Lipinski definition) is 3. The number of ketones is 1. The molecule has 0 saturated carbocycles. The van der Waals surface area contributed by atoms with E-state index in [-0.39, 0.29) is 11.3 Å². The van der Waals surface area contributed by atoms with E-state index in [2.05, 4.69) is 0 Å². The molecule has 0 spiro atoms. The fourth-order valence-corrected chi connectivity index (χ4v) is 1.89. The number of carbonyl (C=O) groups excluding carboxylic acids is 1. The van der Waals surface area contributed by atoms with Crippen LogP contribution in [0.1, 0.15) is 31.1 Å². The molecule has 0 N–H and O–H groups in total. The molecule has 4 heteroatoms. The first-order valence-electron chi connectivity index (χ1n) is 6.23. The van der Waals surface area contributed by atoms with Crippen LogP contribution < -0.4 is 4.90 Å². The molecule has 3 nitrogen and oxygen atoms in total. The lowest BCUT2D eigenvalue weighted by atomic mass is 10.1. The zero-order chi connectivity index (χ0) is 13.5. The number of nitrogens with zero attached hydrogens (tertiary/aromatic N) is 1. The van der Waals surface area contributed by atoms with E-state index in [0.29, 0.717) is 32.0 Å². The van der Waals surface area contributed by atoms with Crippen LogP contribution in [0.4, 0.5) is 10.1 Å². The van der Waals surface area contributed by atoms with Crippen LogP contribution in [0.3, 0.4) is 0 Å². The molecule has 0 aliphatic rings. The maximum Gasteiger partial charge on any atom is 0.164 e. The normalized spacial score (nSPS) is 10.4. The summed E-state index contributed by atoms with van der Waals surface area (Å²) in [7, 11) is 0. The maximum absolute atomic E-state index is 13.7. The van der Waals surface area contributed by atoms with Gasteiger partial charge in [0.05, 0.1) is 17.9 Å². The van der Waals surface area contributed by atoms with Gasteiger partial charge in [-0.2, -0.15) is 0 Å². The highest BCUT2D eigenvalue weighted by Gasteiger charge is 2.16. The van der Waals surface area contributed by atoms with E-state index in [0.717, 1.165) is 0 Å². The molecule has 0 unspecified atom stereocenters. The lowest BCUT2D eigenvalue weighted by Crippen LogP contribution is -2.29. The van der Waals surface area contributed by atoms with Gasteiger partial charge in [0.2, 0.25) is 0 Å². The largest absolute Gasteiger partial charge is 0.380 e. The predicted octanol–water partition coefficient (Wildman–Crippen LogP) is 2.89. The van der Waals surface area contributed by atoms with Gasteiger partial charge in [-0.3, -0.25) is 4.79 Å². The number of halogens is 1. The fraction of sp³-hybridized carbons (Fsp3) is 0.500. The average Bonchev–Trinajstić information content (AvgIpc) is 2.34. The predicted molar refractivity (Wildman–Crippen MR) is 70.8 cm³/mol. The second kappa shape index (κ2) is 7.11. The molecule has 0 atom stereocenters. The van der Waals surface area contributed by atoms with Gasteiger partial charge in [-0.15, -0.1) is 0 Å². The van der Waals surface area contributed by atoms with Gasteiger partial charge >= 0.3 is 0 Å². The Bertz CT molecular complexity index is 407. The Morgan fingerprint density at radius 2 is 2.11 bits per heavy atom. The van der Waals surface area contributed by atoms with Gasteiger partial charge in [0.25, 0.3) is 0 Å². The SMILES string of the molecule is CCOCCN(CC)c1cccc(F)c1C(C)=O. The van der Waals surface area contributed by atoms with Crippen molar-refractivity contribution in [1.82, 2.24) is 0 Å². The van der Waals surface area contributed by atoms with Crippen LogP contribution in [0.15, 0.2) is 18.2 Å². The van der Waals surface area contributed by atoms with E-state index >= 15 is 0 Å². The van der Waals surface area contributed by atoms with Crippen LogP contribution in [0.5, 0.6) is 0 Å². The van der Waals surface area contributed by atoms with E-state index < -0.39 is 5.82 Å². The molecule has 1 aromatic carbocycles. The number of benzene rings is 1. The molecule has 1 rings (SSSR count). The van der Waals surface area contributed by atoms with Crippen LogP contribution in [0.2, 0.25) is 0 Å². The Balaban J connectivity index is 2.98. The van der Waals surface area contributed by atoms with Gasteiger partial charge in [-0.25, -0.2) is 4.39 Å². The Morgan fingerprint density at radius 3 is 2.67 bits per heavy atom. The lowest BCUT2D eigenvalue weighted by Gasteiger charge is -2.25. The van der Waals surface area contributed by atoms with E-state index in [1.165, 1.54) is 13.0 Å². The number of ether oxygens (including phenoxy) is 1. The standard InChI is InChI=1S/C14H20FNO2/c1-4-16(9-10-18-5-2)13-8-6-7-12(15)14(13)11(3)17/h6-8H,4-5,9-10H2,1-3H3. The summed E-state index contributed by atoms with van der Waals surface area (Å²) < 4.78 is 19.0. The molecule has 100 valence electrons. The maximum atomic E-state index is 13.7. The van der Waals surface area contributed by atoms with E-state index in [1.807, 2.05) is 18.7 Å². The summed E-state index contributed by atoms with van der Waals surface area (Å²) in [6.07, 6.45) is 0. The number of likely N-dealkylation sites (N-methyl/N-ethyl adjacent to an activating group) is 1. The van der Waals surface area contributed by atoms with Gasteiger partial charge in [-0.1, -0.05) is 6.07 Å². The highest BCUT2D eigenvalue weighted by atomic mass is 19.1. The second-order valence-corrected chi connectivity index (χ2v) is 3.97. The molecule has 0 radical (unpaired) electrons. The molecular formula is C14H20FNO2. The van der Waals surface area contributed by atoms with Crippen LogP contribution in [0, 0.1) is 5.82 Å². The van der Waals surface area contributed by atoms with E-state index in [9.17, 15) is 9.18 Å². The number of anilines is 1. The minimum absolute atomic E-state index is 0.163. The Labute approximate surface area is 108 Å². The van der Waals surface area contributed by atoms with Crippen molar-refractivity contribution in [2.45, 2.75) is 20.8 Å². The summed E-state index contributed by atoms with van der Waals surface area (Å²) in [5.41, 5.74) is 0.806. The molecule has 0 aromatic heterocycles. The first-order chi connectivity index (χ1) is 8.61. The van der Waals surface area contributed by atoms with Gasteiger partial charge in [0, 0.05) is 19.7 Å². The third-order valence-electron chi connectivity index (χ3n) is 2.78. The molecule has 0 bridgehead atoms. The van der Waals surface area contributed by atoms with Crippen molar-refractivity contribution in [1.29, 1.82) is 0 Å². The first-order valence-corrected chi connectivity index (χ1v) is 6.23. The van der Waals surface area contributed by atoms with Crippen LogP contribution >= 0.6 is 0 Å². The van der Waals surface area contributed by atoms with Gasteiger partial charge < -0.3 is 9.64 Å². The Morgan fingerprint density at radius 1 is 1.39 bits per heavy atom. The lowest BCUT2D eigenvalue weighted by molar-refractivity contribution is 0.101. The van der Waals surface area contributed by atoms with Crippen molar-refractivity contribution in [3.8, 4) is 0 Å². The summed E-state index contributed by atoms with van der Waals surface area (Å²) in [5.74, 6) is -0.715. The number of hydrogen-bond donors (Lipinski definition) is 0. The van der Waals surface area contributed by atoms with Crippen molar-refractivity contribution in [3.63, 3.8) is 0 Å². The van der Waals surface area contributed by atoms with Crippen molar-refractivity contribution in [2.75, 3.05) is 31.2 Å². The third-order valence-corrected chi connectivity index (χ3v) is 2.78. The average molecular weight is 253 g/mol. The molecule has 0 saturated heterocycles. The van der Waals surface area contributed by atoms with Gasteiger partial charge in [0.1, 0.15) is 5.82 Å². The minimum atomic E-state index is -0.463. The van der Waals surface area contributed by atoms with Gasteiger partial charge in [0.15, 0.2) is 5.78 Å². The summed E-state index contributed by atoms with van der Waals surface area (Å²) in [6.45, 7) is 7.86. The van der Waals surface area contributed by atoms with Crippen molar-refractivity contribution >= 4 is 11.5 Å². The highest BCUT2D eigenvalue weighted by Crippen LogP contribution is 2.23. The van der Waals surface area contributed by atoms with E-state index in [4.69, 9.17) is 4.74 Å². The van der Waals surface area contributed by atoms with Crippen molar-refractivity contribution < 1.29 is 13.9 Å². The van der Waals surface area contributed by atoms with E-state index in [1.54, 1.807) is 12.1 Å². The number of carbonyl (C=O) groups is 1. The molecule has 0 fully saturated rings. The molecule has 0 heterocycles. The topological polar surface area (TPSA) is 29.5 Å². The van der Waals surface area contributed by atoms with Crippen LogP contribution in [-0.4, -0.2) is 32.1 Å². The summed E-state index contributed by atoms with van der Waals surface area (Å²) in [5, 5.41) is 0. The summed E-state index contributed by atoms with van der Waals surface area (Å²) in [4.78, 5) is 13.5. The number of rotatable bonds is 7. The quantitative estimate of drug-likeness (QED) is 0.553. The fourth-order valence-electron chi connectivity index (χ4n) is 1.89. The second-order valence-electron chi connectivity index (χ2n) is 3.97. The Hall–Kier alpha value is -1.42.